The van der Waals surface area contributed by atoms with Crippen LogP contribution in [-0.4, -0.2) is 36.1 Å². The van der Waals surface area contributed by atoms with Crippen LogP contribution >= 0.6 is 0 Å². The second-order valence-corrected chi connectivity index (χ2v) is 7.14. The standard InChI is InChI=1S/C19H32N2/c1-4-5-6-10-13-21-16-19(2,3)20-15-18(21)14-17-11-8-7-9-12-17/h7-9,11-12,18,20H,4-6,10,13-16H2,1-3H3. The van der Waals surface area contributed by atoms with Gasteiger partial charge in [-0.15, -0.1) is 0 Å². The molecule has 2 heteroatoms. The molecule has 0 bridgehead atoms. The lowest BCUT2D eigenvalue weighted by molar-refractivity contribution is 0.0930. The first-order valence-electron chi connectivity index (χ1n) is 8.64. The van der Waals surface area contributed by atoms with E-state index in [-0.39, 0.29) is 5.54 Å². The number of piperazine rings is 1. The van der Waals surface area contributed by atoms with Gasteiger partial charge >= 0.3 is 0 Å². The highest BCUT2D eigenvalue weighted by atomic mass is 15.2. The molecular formula is C19H32N2. The van der Waals surface area contributed by atoms with E-state index in [2.05, 4.69) is 61.3 Å². The number of hydrogen-bond acceptors (Lipinski definition) is 2. The van der Waals surface area contributed by atoms with Crippen molar-refractivity contribution in [1.29, 1.82) is 0 Å². The van der Waals surface area contributed by atoms with Crippen LogP contribution in [0, 0.1) is 0 Å². The Kier molecular flexibility index (Phi) is 6.25. The van der Waals surface area contributed by atoms with E-state index >= 15 is 0 Å². The van der Waals surface area contributed by atoms with E-state index in [0.717, 1.165) is 19.5 Å². The summed E-state index contributed by atoms with van der Waals surface area (Å²) in [4.78, 5) is 2.72. The Morgan fingerprint density at radius 3 is 2.62 bits per heavy atom. The van der Waals surface area contributed by atoms with Crippen LogP contribution < -0.4 is 5.32 Å². The fourth-order valence-corrected chi connectivity index (χ4v) is 3.31. The Morgan fingerprint density at radius 1 is 1.14 bits per heavy atom. The summed E-state index contributed by atoms with van der Waals surface area (Å²) in [7, 11) is 0. The molecule has 0 radical (unpaired) electrons. The van der Waals surface area contributed by atoms with Gasteiger partial charge in [-0.25, -0.2) is 0 Å². The first-order valence-corrected chi connectivity index (χ1v) is 8.64. The molecule has 21 heavy (non-hydrogen) atoms. The zero-order valence-corrected chi connectivity index (χ0v) is 14.1. The van der Waals surface area contributed by atoms with Crippen molar-refractivity contribution in [1.82, 2.24) is 10.2 Å². The third-order valence-electron chi connectivity index (χ3n) is 4.54. The van der Waals surface area contributed by atoms with E-state index in [9.17, 15) is 0 Å². The van der Waals surface area contributed by atoms with Gasteiger partial charge in [0.05, 0.1) is 0 Å². The van der Waals surface area contributed by atoms with Crippen LogP contribution in [-0.2, 0) is 6.42 Å². The van der Waals surface area contributed by atoms with Crippen LogP contribution in [0.3, 0.4) is 0 Å². The molecule has 2 rings (SSSR count). The highest BCUT2D eigenvalue weighted by Gasteiger charge is 2.31. The smallest absolute Gasteiger partial charge is 0.0261 e. The minimum absolute atomic E-state index is 0.248. The molecule has 1 fully saturated rings. The minimum atomic E-state index is 0.248. The lowest BCUT2D eigenvalue weighted by Gasteiger charge is -2.45. The first kappa shape index (κ1) is 16.5. The minimum Gasteiger partial charge on any atom is -0.309 e. The lowest BCUT2D eigenvalue weighted by atomic mass is 9.94. The third-order valence-corrected chi connectivity index (χ3v) is 4.54. The van der Waals surface area contributed by atoms with Gasteiger partial charge in [-0.05, 0) is 38.8 Å². The monoisotopic (exact) mass is 288 g/mol. The van der Waals surface area contributed by atoms with Crippen molar-refractivity contribution in [2.75, 3.05) is 19.6 Å². The summed E-state index contributed by atoms with van der Waals surface area (Å²) in [6.45, 7) is 10.5. The number of benzene rings is 1. The van der Waals surface area contributed by atoms with Gasteiger partial charge in [0, 0.05) is 24.7 Å². The Labute approximate surface area is 130 Å². The number of hydrogen-bond donors (Lipinski definition) is 1. The highest BCUT2D eigenvalue weighted by Crippen LogP contribution is 2.19. The second-order valence-electron chi connectivity index (χ2n) is 7.14. The fourth-order valence-electron chi connectivity index (χ4n) is 3.31. The molecule has 0 aliphatic carbocycles. The van der Waals surface area contributed by atoms with E-state index in [4.69, 9.17) is 0 Å². The van der Waals surface area contributed by atoms with Gasteiger partial charge in [0.1, 0.15) is 0 Å². The SMILES string of the molecule is CCCCCCN1CC(C)(C)NCC1Cc1ccccc1. The topological polar surface area (TPSA) is 15.3 Å². The lowest BCUT2D eigenvalue weighted by Crippen LogP contribution is -2.62. The Morgan fingerprint density at radius 2 is 1.90 bits per heavy atom. The van der Waals surface area contributed by atoms with E-state index in [1.54, 1.807) is 0 Å². The molecule has 1 heterocycles. The maximum atomic E-state index is 3.72. The second kappa shape index (κ2) is 7.95. The average Bonchev–Trinajstić information content (AvgIpc) is 2.47. The number of unbranched alkanes of at least 4 members (excludes halogenated alkanes) is 3. The van der Waals surface area contributed by atoms with Crippen molar-refractivity contribution in [3.63, 3.8) is 0 Å². The molecule has 0 aromatic heterocycles. The average molecular weight is 288 g/mol. The van der Waals surface area contributed by atoms with Gasteiger partial charge in [-0.3, -0.25) is 4.90 Å². The summed E-state index contributed by atoms with van der Waals surface area (Å²) in [5.74, 6) is 0. The molecule has 1 N–H and O–H groups in total. The zero-order chi connectivity index (χ0) is 15.1. The maximum absolute atomic E-state index is 3.72. The summed E-state index contributed by atoms with van der Waals surface area (Å²) < 4.78 is 0. The Hall–Kier alpha value is -0.860. The van der Waals surface area contributed by atoms with Crippen molar-refractivity contribution in [3.8, 4) is 0 Å². The molecule has 118 valence electrons. The van der Waals surface area contributed by atoms with Gasteiger partial charge in [0.2, 0.25) is 0 Å². The van der Waals surface area contributed by atoms with Gasteiger partial charge in [0.15, 0.2) is 0 Å². The zero-order valence-electron chi connectivity index (χ0n) is 14.1. The van der Waals surface area contributed by atoms with Gasteiger partial charge in [-0.1, -0.05) is 56.5 Å². The fraction of sp³-hybridized carbons (Fsp3) is 0.684. The Bertz CT molecular complexity index is 399. The molecule has 1 saturated heterocycles. The molecule has 2 nitrogen and oxygen atoms in total. The summed E-state index contributed by atoms with van der Waals surface area (Å²) in [6, 6.07) is 11.6. The quantitative estimate of drug-likeness (QED) is 0.766. The van der Waals surface area contributed by atoms with E-state index in [0.29, 0.717) is 6.04 Å². The molecule has 1 unspecified atom stereocenters. The van der Waals surface area contributed by atoms with E-state index in [1.165, 1.54) is 37.8 Å². The number of rotatable bonds is 7. The molecule has 1 aromatic rings. The van der Waals surface area contributed by atoms with Crippen LogP contribution in [0.15, 0.2) is 30.3 Å². The summed E-state index contributed by atoms with van der Waals surface area (Å²) >= 11 is 0. The highest BCUT2D eigenvalue weighted by molar-refractivity contribution is 5.16. The summed E-state index contributed by atoms with van der Waals surface area (Å²) in [5.41, 5.74) is 1.71. The van der Waals surface area contributed by atoms with E-state index < -0.39 is 0 Å². The van der Waals surface area contributed by atoms with Crippen LogP contribution in [0.4, 0.5) is 0 Å². The predicted molar refractivity (Wildman–Crippen MR) is 91.7 cm³/mol. The van der Waals surface area contributed by atoms with Crippen molar-refractivity contribution < 1.29 is 0 Å². The molecule has 1 aliphatic heterocycles. The largest absolute Gasteiger partial charge is 0.309 e. The normalized spacial score (nSPS) is 22.3. The maximum Gasteiger partial charge on any atom is 0.0261 e. The van der Waals surface area contributed by atoms with Gasteiger partial charge in [0.25, 0.3) is 0 Å². The summed E-state index contributed by atoms with van der Waals surface area (Å²) in [6.07, 6.45) is 6.57. The molecule has 0 spiro atoms. The molecular weight excluding hydrogens is 256 g/mol. The molecule has 0 saturated carbocycles. The molecule has 0 amide bonds. The van der Waals surface area contributed by atoms with Crippen molar-refractivity contribution in [2.45, 2.75) is 64.5 Å². The van der Waals surface area contributed by atoms with Gasteiger partial charge < -0.3 is 5.32 Å². The van der Waals surface area contributed by atoms with Crippen molar-refractivity contribution in [2.24, 2.45) is 0 Å². The van der Waals surface area contributed by atoms with Crippen LogP contribution in [0.2, 0.25) is 0 Å². The van der Waals surface area contributed by atoms with Crippen molar-refractivity contribution in [3.05, 3.63) is 35.9 Å². The molecule has 1 atom stereocenters. The predicted octanol–water partition coefficient (Wildman–Crippen LogP) is 3.86. The van der Waals surface area contributed by atoms with Crippen LogP contribution in [0.25, 0.3) is 0 Å². The molecule has 1 aliphatic rings. The third kappa shape index (κ3) is 5.44. The first-order chi connectivity index (χ1) is 10.1. The van der Waals surface area contributed by atoms with Crippen LogP contribution in [0.5, 0.6) is 0 Å². The Balaban J connectivity index is 1.92. The van der Waals surface area contributed by atoms with Crippen molar-refractivity contribution >= 4 is 0 Å². The number of nitrogens with one attached hydrogen (secondary N) is 1. The number of nitrogens with zero attached hydrogens (tertiary/aromatic N) is 1. The molecule has 1 aromatic carbocycles. The summed E-state index contributed by atoms with van der Waals surface area (Å²) in [5, 5.41) is 3.72. The van der Waals surface area contributed by atoms with E-state index in [1.807, 2.05) is 0 Å². The van der Waals surface area contributed by atoms with Gasteiger partial charge in [-0.2, -0.15) is 0 Å². The van der Waals surface area contributed by atoms with Crippen LogP contribution in [0.1, 0.15) is 52.0 Å².